The van der Waals surface area contributed by atoms with Crippen LogP contribution in [0.3, 0.4) is 0 Å². The number of likely N-dealkylation sites (N-methyl/N-ethyl adjacent to an activating group) is 1. The number of hydrogen-bond donors (Lipinski definition) is 2. The topological polar surface area (TPSA) is 96.6 Å². The SMILES string of the molecule is C=CC=O.CC1C(n2c(=O)c3cc(SNC4(O)CC4)ccc3n(CC3CC3)c2=O)CCN1C. The molecule has 2 unspecified atom stereocenters. The van der Waals surface area contributed by atoms with E-state index in [-0.39, 0.29) is 23.3 Å². The van der Waals surface area contributed by atoms with Gasteiger partial charge in [-0.2, -0.15) is 0 Å². The quantitative estimate of drug-likeness (QED) is 0.276. The lowest BCUT2D eigenvalue weighted by Crippen LogP contribution is -2.45. The maximum absolute atomic E-state index is 13.5. The Morgan fingerprint density at radius 1 is 1.27 bits per heavy atom. The predicted molar refractivity (Wildman–Crippen MR) is 130 cm³/mol. The van der Waals surface area contributed by atoms with Crippen molar-refractivity contribution in [2.45, 2.75) is 68.3 Å². The second-order valence-electron chi connectivity index (χ2n) is 9.38. The standard InChI is InChI=1S/C21H28N4O3S.C3H4O/c1-13-17(7-10-23(13)2)25-19(26)16-11-15(29-22-21(28)8-9-21)5-6-18(16)24(20(25)27)12-14-3-4-14;1-2-3-4/h5-6,11,13-14,17,22,28H,3-4,7-10,12H2,1-2H3;2-3H,1H2. The Hall–Kier alpha value is -2.20. The largest absolute Gasteiger partial charge is 0.375 e. The van der Waals surface area contributed by atoms with E-state index in [2.05, 4.69) is 23.1 Å². The highest BCUT2D eigenvalue weighted by atomic mass is 32.2. The first-order valence-corrected chi connectivity index (χ1v) is 12.3. The molecule has 0 bridgehead atoms. The van der Waals surface area contributed by atoms with Gasteiger partial charge in [-0.1, -0.05) is 6.58 Å². The summed E-state index contributed by atoms with van der Waals surface area (Å²) in [6.45, 7) is 6.76. The summed E-state index contributed by atoms with van der Waals surface area (Å²) in [5.41, 5.74) is -0.435. The van der Waals surface area contributed by atoms with E-state index in [1.54, 1.807) is 0 Å². The molecule has 2 saturated carbocycles. The summed E-state index contributed by atoms with van der Waals surface area (Å²) in [5, 5.41) is 10.6. The molecule has 2 atom stereocenters. The third kappa shape index (κ3) is 5.16. The fourth-order valence-electron chi connectivity index (χ4n) is 4.26. The molecule has 0 spiro atoms. The van der Waals surface area contributed by atoms with Crippen LogP contribution >= 0.6 is 11.9 Å². The number of aldehydes is 1. The lowest BCUT2D eigenvalue weighted by atomic mass is 10.1. The third-order valence-corrected chi connectivity index (χ3v) is 7.79. The monoisotopic (exact) mass is 472 g/mol. The van der Waals surface area contributed by atoms with Crippen LogP contribution < -0.4 is 16.0 Å². The summed E-state index contributed by atoms with van der Waals surface area (Å²) >= 11 is 1.34. The molecule has 1 aliphatic heterocycles. The molecule has 2 N–H and O–H groups in total. The van der Waals surface area contributed by atoms with Gasteiger partial charge in [0.05, 0.1) is 16.9 Å². The zero-order valence-corrected chi connectivity index (χ0v) is 20.0. The fourth-order valence-corrected chi connectivity index (χ4v) is 5.08. The van der Waals surface area contributed by atoms with Gasteiger partial charge < -0.3 is 10.0 Å². The molecule has 3 fully saturated rings. The summed E-state index contributed by atoms with van der Waals surface area (Å²) in [5.74, 6) is 0.533. The Morgan fingerprint density at radius 3 is 2.52 bits per heavy atom. The number of aliphatic hydroxyl groups is 1. The van der Waals surface area contributed by atoms with E-state index < -0.39 is 5.72 Å². The van der Waals surface area contributed by atoms with Crippen LogP contribution in [0.1, 0.15) is 45.1 Å². The summed E-state index contributed by atoms with van der Waals surface area (Å²) in [4.78, 5) is 39.0. The maximum Gasteiger partial charge on any atom is 0.331 e. The minimum Gasteiger partial charge on any atom is -0.375 e. The summed E-state index contributed by atoms with van der Waals surface area (Å²) in [7, 11) is 2.04. The number of aromatic nitrogens is 2. The lowest BCUT2D eigenvalue weighted by Gasteiger charge is -2.23. The van der Waals surface area contributed by atoms with Gasteiger partial charge >= 0.3 is 5.69 Å². The van der Waals surface area contributed by atoms with E-state index in [0.29, 0.717) is 24.1 Å². The number of fused-ring (bicyclic) bond motifs is 1. The minimum atomic E-state index is -0.783. The highest BCUT2D eigenvalue weighted by Crippen LogP contribution is 2.36. The molecule has 2 aromatic rings. The van der Waals surface area contributed by atoms with Crippen molar-refractivity contribution in [2.75, 3.05) is 13.6 Å². The number of nitrogens with zero attached hydrogens (tertiary/aromatic N) is 3. The van der Waals surface area contributed by atoms with E-state index in [4.69, 9.17) is 4.79 Å². The molecule has 2 heterocycles. The first-order chi connectivity index (χ1) is 15.8. The average Bonchev–Trinajstić information content (AvgIpc) is 3.74. The fraction of sp³-hybridized carbons (Fsp3) is 0.542. The molecule has 33 heavy (non-hydrogen) atoms. The Morgan fingerprint density at radius 2 is 1.97 bits per heavy atom. The minimum absolute atomic E-state index is 0.100. The summed E-state index contributed by atoms with van der Waals surface area (Å²) < 4.78 is 6.40. The molecule has 0 amide bonds. The van der Waals surface area contributed by atoms with Gasteiger partial charge in [-0.15, -0.1) is 0 Å². The first kappa shape index (κ1) is 23.9. The Kier molecular flexibility index (Phi) is 6.95. The van der Waals surface area contributed by atoms with Crippen molar-refractivity contribution in [3.63, 3.8) is 0 Å². The number of hydrogen-bond acceptors (Lipinski definition) is 7. The summed E-state index contributed by atoms with van der Waals surface area (Å²) in [6.07, 6.45) is 6.42. The van der Waals surface area contributed by atoms with Crippen LogP contribution in [0.2, 0.25) is 0 Å². The molecule has 3 aliphatic rings. The molecule has 2 aliphatic carbocycles. The molecule has 1 aromatic carbocycles. The smallest absolute Gasteiger partial charge is 0.331 e. The van der Waals surface area contributed by atoms with Crippen LogP contribution in [0.5, 0.6) is 0 Å². The van der Waals surface area contributed by atoms with Crippen molar-refractivity contribution < 1.29 is 9.90 Å². The van der Waals surface area contributed by atoms with Crippen LogP contribution in [0.15, 0.2) is 45.3 Å². The lowest BCUT2D eigenvalue weighted by molar-refractivity contribution is -0.104. The van der Waals surface area contributed by atoms with Crippen LogP contribution in [-0.4, -0.2) is 50.8 Å². The second kappa shape index (κ2) is 9.58. The van der Waals surface area contributed by atoms with Crippen LogP contribution in [0.25, 0.3) is 10.9 Å². The maximum atomic E-state index is 13.5. The van der Waals surface area contributed by atoms with Gasteiger partial charge in [0.2, 0.25) is 0 Å². The van der Waals surface area contributed by atoms with E-state index in [1.807, 2.05) is 29.8 Å². The molecule has 1 saturated heterocycles. The molecule has 1 aromatic heterocycles. The first-order valence-electron chi connectivity index (χ1n) is 11.5. The van der Waals surface area contributed by atoms with Crippen molar-refractivity contribution in [1.82, 2.24) is 18.8 Å². The van der Waals surface area contributed by atoms with Crippen molar-refractivity contribution in [2.24, 2.45) is 5.92 Å². The van der Waals surface area contributed by atoms with Gasteiger partial charge in [0.1, 0.15) is 12.0 Å². The van der Waals surface area contributed by atoms with Gasteiger partial charge in [0.15, 0.2) is 0 Å². The molecule has 178 valence electrons. The molecular weight excluding hydrogens is 440 g/mol. The van der Waals surface area contributed by atoms with E-state index in [9.17, 15) is 14.7 Å². The molecule has 0 radical (unpaired) electrons. The van der Waals surface area contributed by atoms with Gasteiger partial charge in [-0.05, 0) is 88.2 Å². The molecule has 8 nitrogen and oxygen atoms in total. The number of carbonyl (C=O) groups excluding carboxylic acids is 1. The van der Waals surface area contributed by atoms with Gasteiger partial charge in [-0.25, -0.2) is 9.52 Å². The molecule has 5 rings (SSSR count). The number of nitrogens with one attached hydrogen (secondary N) is 1. The Bertz CT molecular complexity index is 1160. The highest BCUT2D eigenvalue weighted by Gasteiger charge is 2.40. The van der Waals surface area contributed by atoms with Crippen molar-refractivity contribution >= 4 is 29.1 Å². The number of likely N-dealkylation sites (tertiary alicyclic amines) is 1. The highest BCUT2D eigenvalue weighted by molar-refractivity contribution is 7.97. The predicted octanol–water partition coefficient (Wildman–Crippen LogP) is 2.29. The van der Waals surface area contributed by atoms with Crippen LogP contribution in [-0.2, 0) is 11.3 Å². The Labute approximate surface area is 197 Å². The molecule has 9 heteroatoms. The zero-order valence-electron chi connectivity index (χ0n) is 19.2. The second-order valence-corrected chi connectivity index (χ2v) is 10.3. The van der Waals surface area contributed by atoms with Crippen LogP contribution in [0.4, 0.5) is 0 Å². The number of benzene rings is 1. The number of allylic oxidation sites excluding steroid dienone is 1. The summed E-state index contributed by atoms with van der Waals surface area (Å²) in [6, 6.07) is 5.72. The van der Waals surface area contributed by atoms with Crippen molar-refractivity contribution in [3.8, 4) is 0 Å². The zero-order chi connectivity index (χ0) is 23.8. The van der Waals surface area contributed by atoms with Crippen molar-refractivity contribution in [1.29, 1.82) is 0 Å². The van der Waals surface area contributed by atoms with Crippen molar-refractivity contribution in [3.05, 3.63) is 51.7 Å². The van der Waals surface area contributed by atoms with E-state index >= 15 is 0 Å². The average molecular weight is 473 g/mol. The van der Waals surface area contributed by atoms with Gasteiger partial charge in [0.25, 0.3) is 5.56 Å². The van der Waals surface area contributed by atoms with E-state index in [0.717, 1.165) is 49.1 Å². The number of rotatable bonds is 7. The third-order valence-electron chi connectivity index (χ3n) is 6.82. The van der Waals surface area contributed by atoms with E-state index in [1.165, 1.54) is 22.6 Å². The Balaban J connectivity index is 0.000000601. The number of carbonyl (C=O) groups is 1. The molecular formula is C24H32N4O4S. The van der Waals surface area contributed by atoms with Gasteiger partial charge in [0, 0.05) is 24.0 Å². The van der Waals surface area contributed by atoms with Gasteiger partial charge in [-0.3, -0.25) is 18.7 Å². The van der Waals surface area contributed by atoms with Crippen LogP contribution in [0, 0.1) is 5.92 Å². The normalized spacial score (nSPS) is 23.7.